The summed E-state index contributed by atoms with van der Waals surface area (Å²) in [5, 5.41) is 3.50. The van der Waals surface area contributed by atoms with Crippen molar-refractivity contribution in [2.24, 2.45) is 4.99 Å². The van der Waals surface area contributed by atoms with E-state index in [-0.39, 0.29) is 41.6 Å². The lowest BCUT2D eigenvalue weighted by molar-refractivity contribution is -0.0817. The third-order valence-corrected chi connectivity index (χ3v) is 6.63. The van der Waals surface area contributed by atoms with Crippen molar-refractivity contribution in [3.8, 4) is 0 Å². The van der Waals surface area contributed by atoms with Crippen molar-refractivity contribution in [3.05, 3.63) is 34.3 Å². The second kappa shape index (κ2) is 10.1. The van der Waals surface area contributed by atoms with Gasteiger partial charge in [0.15, 0.2) is 5.96 Å². The quantitative estimate of drug-likeness (QED) is 0.335. The molecule has 0 aromatic heterocycles. The Kier molecular flexibility index (Phi) is 8.04. The van der Waals surface area contributed by atoms with E-state index in [9.17, 15) is 0 Å². The summed E-state index contributed by atoms with van der Waals surface area (Å²) in [6, 6.07) is 8.58. The number of hydrogen-bond donors (Lipinski definition) is 1. The van der Waals surface area contributed by atoms with Crippen LogP contribution in [-0.4, -0.2) is 62.5 Å². The molecule has 156 valence electrons. The molecule has 7 heteroatoms. The molecule has 2 heterocycles. The standard InChI is InChI=1S/C21H30BrN3O2.HI/c1-2-23-20(25-11-13-27-19(14-25)18-8-5-12-26-18)24-15-21(9-10-21)16-6-3-4-7-17(16)22;/h3-4,6-7,18-19H,2,5,8-15H2,1H3,(H,23,24);1H. The monoisotopic (exact) mass is 563 g/mol. The Balaban J connectivity index is 0.00000225. The number of rotatable bonds is 5. The highest BCUT2D eigenvalue weighted by molar-refractivity contribution is 14.0. The van der Waals surface area contributed by atoms with Gasteiger partial charge in [0.05, 0.1) is 19.3 Å². The number of halogens is 2. The minimum atomic E-state index is 0. The van der Waals surface area contributed by atoms with Crippen LogP contribution in [0.3, 0.4) is 0 Å². The Labute approximate surface area is 193 Å². The minimum Gasteiger partial charge on any atom is -0.375 e. The average molecular weight is 564 g/mol. The lowest BCUT2D eigenvalue weighted by atomic mass is 9.96. The van der Waals surface area contributed by atoms with Gasteiger partial charge in [0.2, 0.25) is 0 Å². The lowest BCUT2D eigenvalue weighted by Crippen LogP contribution is -2.53. The highest BCUT2D eigenvalue weighted by atomic mass is 127. The highest BCUT2D eigenvalue weighted by Gasteiger charge is 2.45. The molecule has 2 unspecified atom stereocenters. The number of nitrogens with zero attached hydrogens (tertiary/aromatic N) is 2. The van der Waals surface area contributed by atoms with Gasteiger partial charge in [-0.15, -0.1) is 24.0 Å². The van der Waals surface area contributed by atoms with Crippen LogP contribution in [-0.2, 0) is 14.9 Å². The zero-order valence-electron chi connectivity index (χ0n) is 16.5. The second-order valence-corrected chi connectivity index (χ2v) is 8.69. The van der Waals surface area contributed by atoms with E-state index in [1.165, 1.54) is 22.9 Å². The van der Waals surface area contributed by atoms with E-state index in [4.69, 9.17) is 14.5 Å². The highest BCUT2D eigenvalue weighted by Crippen LogP contribution is 2.50. The SMILES string of the molecule is CCNC(=NCC1(c2ccccc2Br)CC1)N1CCOC(C2CCCO2)C1.I. The number of benzene rings is 1. The van der Waals surface area contributed by atoms with Crippen molar-refractivity contribution < 1.29 is 9.47 Å². The van der Waals surface area contributed by atoms with Crippen LogP contribution >= 0.6 is 39.9 Å². The topological polar surface area (TPSA) is 46.1 Å². The fourth-order valence-corrected chi connectivity index (χ4v) is 4.90. The normalized spacial score (nSPS) is 26.6. The Morgan fingerprint density at radius 1 is 1.25 bits per heavy atom. The number of morpholine rings is 1. The first-order valence-corrected chi connectivity index (χ1v) is 11.0. The molecule has 1 aliphatic carbocycles. The number of aliphatic imine (C=N–C) groups is 1. The molecule has 1 aromatic rings. The van der Waals surface area contributed by atoms with Gasteiger partial charge >= 0.3 is 0 Å². The minimum absolute atomic E-state index is 0. The molecule has 4 rings (SSSR count). The fraction of sp³-hybridized carbons (Fsp3) is 0.667. The van der Waals surface area contributed by atoms with E-state index >= 15 is 0 Å². The van der Waals surface area contributed by atoms with E-state index in [0.29, 0.717) is 0 Å². The molecule has 3 fully saturated rings. The molecule has 2 saturated heterocycles. The van der Waals surface area contributed by atoms with Gasteiger partial charge < -0.3 is 19.7 Å². The Bertz CT molecular complexity index is 677. The first-order valence-electron chi connectivity index (χ1n) is 10.2. The van der Waals surface area contributed by atoms with Crippen molar-refractivity contribution in [1.82, 2.24) is 10.2 Å². The van der Waals surface area contributed by atoms with Gasteiger partial charge in [0, 0.05) is 36.1 Å². The summed E-state index contributed by atoms with van der Waals surface area (Å²) in [5.74, 6) is 1.02. The molecule has 2 atom stereocenters. The van der Waals surface area contributed by atoms with Gasteiger partial charge in [-0.1, -0.05) is 34.1 Å². The van der Waals surface area contributed by atoms with Crippen molar-refractivity contribution >= 4 is 45.9 Å². The van der Waals surface area contributed by atoms with Crippen LogP contribution in [0.4, 0.5) is 0 Å². The van der Waals surface area contributed by atoms with Crippen LogP contribution in [0.2, 0.25) is 0 Å². The van der Waals surface area contributed by atoms with Crippen molar-refractivity contribution in [3.63, 3.8) is 0 Å². The van der Waals surface area contributed by atoms with Gasteiger partial charge in [0.25, 0.3) is 0 Å². The van der Waals surface area contributed by atoms with Crippen molar-refractivity contribution in [1.29, 1.82) is 0 Å². The van der Waals surface area contributed by atoms with Crippen molar-refractivity contribution in [2.75, 3.05) is 39.4 Å². The zero-order chi connectivity index (χ0) is 18.7. The number of guanidine groups is 1. The van der Waals surface area contributed by atoms with Gasteiger partial charge in [0.1, 0.15) is 6.10 Å². The van der Waals surface area contributed by atoms with Crippen LogP contribution < -0.4 is 5.32 Å². The smallest absolute Gasteiger partial charge is 0.194 e. The molecule has 1 aromatic carbocycles. The second-order valence-electron chi connectivity index (χ2n) is 7.84. The zero-order valence-corrected chi connectivity index (χ0v) is 20.4. The summed E-state index contributed by atoms with van der Waals surface area (Å²) in [7, 11) is 0. The molecular formula is C21H31BrIN3O2. The van der Waals surface area contributed by atoms with Gasteiger partial charge in [-0.2, -0.15) is 0 Å². The first kappa shape index (κ1) is 22.3. The number of ether oxygens (including phenoxy) is 2. The Morgan fingerprint density at radius 3 is 2.71 bits per heavy atom. The number of nitrogens with one attached hydrogen (secondary N) is 1. The molecule has 5 nitrogen and oxygen atoms in total. The molecule has 3 aliphatic rings. The van der Waals surface area contributed by atoms with Crippen molar-refractivity contribution in [2.45, 2.75) is 50.2 Å². The first-order chi connectivity index (χ1) is 13.2. The maximum absolute atomic E-state index is 6.01. The molecular weight excluding hydrogens is 533 g/mol. The summed E-state index contributed by atoms with van der Waals surface area (Å²) in [6.07, 6.45) is 5.07. The Morgan fingerprint density at radius 2 is 2.04 bits per heavy atom. The maximum Gasteiger partial charge on any atom is 0.194 e. The third-order valence-electron chi connectivity index (χ3n) is 5.94. The molecule has 0 radical (unpaired) electrons. The maximum atomic E-state index is 6.01. The van der Waals surface area contributed by atoms with E-state index in [0.717, 1.165) is 58.2 Å². The van der Waals surface area contributed by atoms with E-state index < -0.39 is 0 Å². The molecule has 0 spiro atoms. The summed E-state index contributed by atoms with van der Waals surface area (Å²) in [6.45, 7) is 7.20. The molecule has 1 saturated carbocycles. The predicted octanol–water partition coefficient (Wildman–Crippen LogP) is 3.94. The van der Waals surface area contributed by atoms with Crippen LogP contribution in [0.15, 0.2) is 33.7 Å². The van der Waals surface area contributed by atoms with Crippen LogP contribution in [0.5, 0.6) is 0 Å². The lowest BCUT2D eigenvalue weighted by Gasteiger charge is -2.37. The molecule has 28 heavy (non-hydrogen) atoms. The van der Waals surface area contributed by atoms with E-state index in [1.54, 1.807) is 0 Å². The average Bonchev–Trinajstić information content (AvgIpc) is 3.27. The Hall–Kier alpha value is -0.380. The van der Waals surface area contributed by atoms with E-state index in [1.807, 2.05) is 0 Å². The summed E-state index contributed by atoms with van der Waals surface area (Å²) < 4.78 is 13.1. The van der Waals surface area contributed by atoms with Crippen LogP contribution in [0, 0.1) is 0 Å². The largest absolute Gasteiger partial charge is 0.375 e. The van der Waals surface area contributed by atoms with Crippen LogP contribution in [0.1, 0.15) is 38.2 Å². The van der Waals surface area contributed by atoms with Gasteiger partial charge in [-0.25, -0.2) is 0 Å². The summed E-state index contributed by atoms with van der Waals surface area (Å²) in [4.78, 5) is 7.42. The number of hydrogen-bond acceptors (Lipinski definition) is 3. The third kappa shape index (κ3) is 5.02. The molecule has 0 bridgehead atoms. The fourth-order valence-electron chi connectivity index (χ4n) is 4.20. The van der Waals surface area contributed by atoms with E-state index in [2.05, 4.69) is 57.3 Å². The van der Waals surface area contributed by atoms with Gasteiger partial charge in [-0.05, 0) is 44.2 Å². The van der Waals surface area contributed by atoms with Crippen LogP contribution in [0.25, 0.3) is 0 Å². The molecule has 0 amide bonds. The summed E-state index contributed by atoms with van der Waals surface area (Å²) >= 11 is 3.73. The van der Waals surface area contributed by atoms with Gasteiger partial charge in [-0.3, -0.25) is 4.99 Å². The molecule has 1 N–H and O–H groups in total. The summed E-state index contributed by atoms with van der Waals surface area (Å²) in [5.41, 5.74) is 1.59. The molecule has 2 aliphatic heterocycles. The predicted molar refractivity (Wildman–Crippen MR) is 127 cm³/mol.